The summed E-state index contributed by atoms with van der Waals surface area (Å²) in [6.45, 7) is 5.62. The zero-order chi connectivity index (χ0) is 16.9. The normalized spacial score (nSPS) is 17.5. The summed E-state index contributed by atoms with van der Waals surface area (Å²) in [7, 11) is 0. The summed E-state index contributed by atoms with van der Waals surface area (Å²) in [5.74, 6) is 1.92. The van der Waals surface area contributed by atoms with Gasteiger partial charge in [-0.3, -0.25) is 4.90 Å². The Morgan fingerprint density at radius 1 is 1.33 bits per heavy atom. The Bertz CT molecular complexity index is 654. The second kappa shape index (κ2) is 7.90. The Labute approximate surface area is 143 Å². The molecule has 0 radical (unpaired) electrons. The lowest BCUT2D eigenvalue weighted by Crippen LogP contribution is -2.33. The summed E-state index contributed by atoms with van der Waals surface area (Å²) in [6.07, 6.45) is 4.24. The molecule has 1 aromatic carbocycles. The Morgan fingerprint density at radius 2 is 2.17 bits per heavy atom. The molecule has 1 heterocycles. The lowest BCUT2D eigenvalue weighted by molar-refractivity contribution is 0.118. The largest absolute Gasteiger partial charge is 0.395 e. The molecule has 2 aromatic rings. The van der Waals surface area contributed by atoms with Gasteiger partial charge in [-0.15, -0.1) is 0 Å². The van der Waals surface area contributed by atoms with E-state index in [4.69, 9.17) is 4.52 Å². The number of aliphatic hydroxyl groups excluding tert-OH is 1. The molecule has 130 valence electrons. The quantitative estimate of drug-likeness (QED) is 0.845. The van der Waals surface area contributed by atoms with Crippen LogP contribution in [0.5, 0.6) is 0 Å². The summed E-state index contributed by atoms with van der Waals surface area (Å²) in [4.78, 5) is 6.79. The van der Waals surface area contributed by atoms with E-state index in [1.165, 1.54) is 17.5 Å². The average Bonchev–Trinajstić information content (AvgIpc) is 3.00. The maximum atomic E-state index is 9.51. The molecule has 0 fully saturated rings. The number of hydrogen-bond donors (Lipinski definition) is 1. The van der Waals surface area contributed by atoms with E-state index >= 15 is 0 Å². The standard InChI is InChI=1S/C19H27N3O2/c1-14(2)12-18-20-19(24-21-18)13-22(10-11-23)17-9-5-7-15-6-3-4-8-16(15)17/h3-4,6,8,14,17,23H,5,7,9-13H2,1-2H3. The van der Waals surface area contributed by atoms with Gasteiger partial charge < -0.3 is 9.63 Å². The van der Waals surface area contributed by atoms with Gasteiger partial charge in [-0.2, -0.15) is 4.98 Å². The molecule has 1 atom stereocenters. The van der Waals surface area contributed by atoms with Crippen molar-refractivity contribution in [2.24, 2.45) is 5.92 Å². The van der Waals surface area contributed by atoms with Crippen molar-refractivity contribution < 1.29 is 9.63 Å². The van der Waals surface area contributed by atoms with Gasteiger partial charge in [0, 0.05) is 19.0 Å². The van der Waals surface area contributed by atoms with Gasteiger partial charge in [0.1, 0.15) is 0 Å². The minimum atomic E-state index is 0.131. The second-order valence-corrected chi connectivity index (χ2v) is 7.00. The summed E-state index contributed by atoms with van der Waals surface area (Å²) in [6, 6.07) is 8.94. The molecule has 1 unspecified atom stereocenters. The molecule has 0 spiro atoms. The zero-order valence-corrected chi connectivity index (χ0v) is 14.6. The van der Waals surface area contributed by atoms with Crippen molar-refractivity contribution in [1.82, 2.24) is 15.0 Å². The van der Waals surface area contributed by atoms with Crippen molar-refractivity contribution in [3.05, 3.63) is 47.1 Å². The third-order valence-electron chi connectivity index (χ3n) is 4.61. The number of fused-ring (bicyclic) bond motifs is 1. The first-order valence-electron chi connectivity index (χ1n) is 8.91. The molecule has 24 heavy (non-hydrogen) atoms. The highest BCUT2D eigenvalue weighted by Gasteiger charge is 2.26. The molecular formula is C19H27N3O2. The molecule has 1 aliphatic rings. The Morgan fingerprint density at radius 3 is 2.96 bits per heavy atom. The molecule has 5 heteroatoms. The van der Waals surface area contributed by atoms with Gasteiger partial charge in [0.2, 0.25) is 5.89 Å². The molecule has 0 saturated carbocycles. The SMILES string of the molecule is CC(C)Cc1noc(CN(CCO)C2CCCc3ccccc32)n1. The van der Waals surface area contributed by atoms with Crippen LogP contribution in [-0.4, -0.2) is 33.3 Å². The van der Waals surface area contributed by atoms with Crippen LogP contribution in [-0.2, 0) is 19.4 Å². The molecular weight excluding hydrogens is 302 g/mol. The fraction of sp³-hybridized carbons (Fsp3) is 0.579. The van der Waals surface area contributed by atoms with Crippen LogP contribution in [0.25, 0.3) is 0 Å². The smallest absolute Gasteiger partial charge is 0.240 e. The van der Waals surface area contributed by atoms with E-state index in [2.05, 4.69) is 53.2 Å². The van der Waals surface area contributed by atoms with Crippen LogP contribution in [0.3, 0.4) is 0 Å². The van der Waals surface area contributed by atoms with Crippen molar-refractivity contribution in [3.63, 3.8) is 0 Å². The van der Waals surface area contributed by atoms with Gasteiger partial charge in [-0.25, -0.2) is 0 Å². The number of aromatic nitrogens is 2. The Balaban J connectivity index is 1.77. The fourth-order valence-electron chi connectivity index (χ4n) is 3.56. The van der Waals surface area contributed by atoms with E-state index in [0.717, 1.165) is 25.1 Å². The first-order chi connectivity index (χ1) is 11.7. The number of hydrogen-bond acceptors (Lipinski definition) is 5. The van der Waals surface area contributed by atoms with E-state index in [-0.39, 0.29) is 6.61 Å². The van der Waals surface area contributed by atoms with Crippen molar-refractivity contribution in [2.45, 2.75) is 52.1 Å². The number of rotatable bonds is 7. The van der Waals surface area contributed by atoms with Crippen LogP contribution in [0.4, 0.5) is 0 Å². The molecule has 1 aromatic heterocycles. The van der Waals surface area contributed by atoms with E-state index in [0.29, 0.717) is 30.9 Å². The van der Waals surface area contributed by atoms with Crippen molar-refractivity contribution >= 4 is 0 Å². The summed E-state index contributed by atoms with van der Waals surface area (Å²) in [5.41, 5.74) is 2.79. The van der Waals surface area contributed by atoms with Gasteiger partial charge in [-0.1, -0.05) is 43.3 Å². The topological polar surface area (TPSA) is 62.4 Å². The van der Waals surface area contributed by atoms with Crippen molar-refractivity contribution in [1.29, 1.82) is 0 Å². The summed E-state index contributed by atoms with van der Waals surface area (Å²) < 4.78 is 5.44. The summed E-state index contributed by atoms with van der Waals surface area (Å²) >= 11 is 0. The minimum absolute atomic E-state index is 0.131. The zero-order valence-electron chi connectivity index (χ0n) is 14.6. The molecule has 0 saturated heterocycles. The molecule has 0 amide bonds. The third kappa shape index (κ3) is 4.02. The highest BCUT2D eigenvalue weighted by Crippen LogP contribution is 2.34. The monoisotopic (exact) mass is 329 g/mol. The molecule has 1 N–H and O–H groups in total. The van der Waals surface area contributed by atoms with Crippen LogP contribution in [0.15, 0.2) is 28.8 Å². The molecule has 5 nitrogen and oxygen atoms in total. The van der Waals surface area contributed by atoms with Crippen LogP contribution < -0.4 is 0 Å². The van der Waals surface area contributed by atoms with Gasteiger partial charge in [0.15, 0.2) is 5.82 Å². The van der Waals surface area contributed by atoms with Crippen molar-refractivity contribution in [3.8, 4) is 0 Å². The Kier molecular flexibility index (Phi) is 5.63. The number of benzene rings is 1. The van der Waals surface area contributed by atoms with E-state index in [1.54, 1.807) is 0 Å². The van der Waals surface area contributed by atoms with E-state index < -0.39 is 0 Å². The predicted molar refractivity (Wildman–Crippen MR) is 92.5 cm³/mol. The van der Waals surface area contributed by atoms with Gasteiger partial charge in [0.05, 0.1) is 13.2 Å². The average molecular weight is 329 g/mol. The van der Waals surface area contributed by atoms with Gasteiger partial charge in [0.25, 0.3) is 0 Å². The van der Waals surface area contributed by atoms with Crippen LogP contribution >= 0.6 is 0 Å². The maximum Gasteiger partial charge on any atom is 0.240 e. The predicted octanol–water partition coefficient (Wildman–Crippen LogP) is 3.14. The lowest BCUT2D eigenvalue weighted by Gasteiger charge is -2.34. The highest BCUT2D eigenvalue weighted by atomic mass is 16.5. The van der Waals surface area contributed by atoms with Gasteiger partial charge >= 0.3 is 0 Å². The number of aliphatic hydroxyl groups is 1. The molecule has 0 bridgehead atoms. The van der Waals surface area contributed by atoms with Crippen molar-refractivity contribution in [2.75, 3.05) is 13.2 Å². The summed E-state index contributed by atoms with van der Waals surface area (Å²) in [5, 5.41) is 13.6. The number of nitrogens with zero attached hydrogens (tertiary/aromatic N) is 3. The van der Waals surface area contributed by atoms with Gasteiger partial charge in [-0.05, 0) is 36.3 Å². The van der Waals surface area contributed by atoms with Crippen LogP contribution in [0, 0.1) is 5.92 Å². The first-order valence-corrected chi connectivity index (χ1v) is 8.91. The first kappa shape index (κ1) is 17.1. The molecule has 0 aliphatic heterocycles. The lowest BCUT2D eigenvalue weighted by atomic mass is 9.87. The van der Waals surface area contributed by atoms with Crippen LogP contribution in [0.2, 0.25) is 0 Å². The minimum Gasteiger partial charge on any atom is -0.395 e. The van der Waals surface area contributed by atoms with E-state index in [1.807, 2.05) is 0 Å². The second-order valence-electron chi connectivity index (χ2n) is 7.00. The highest BCUT2D eigenvalue weighted by molar-refractivity contribution is 5.32. The fourth-order valence-corrected chi connectivity index (χ4v) is 3.56. The molecule has 3 rings (SSSR count). The molecule has 1 aliphatic carbocycles. The Hall–Kier alpha value is -1.72. The third-order valence-corrected chi connectivity index (χ3v) is 4.61. The van der Waals surface area contributed by atoms with E-state index in [9.17, 15) is 5.11 Å². The number of aryl methyl sites for hydroxylation is 1. The van der Waals surface area contributed by atoms with Crippen LogP contribution in [0.1, 0.15) is 55.6 Å². The maximum absolute atomic E-state index is 9.51.